The highest BCUT2D eigenvalue weighted by Crippen LogP contribution is 2.21. The lowest BCUT2D eigenvalue weighted by atomic mass is 9.97. The second kappa shape index (κ2) is 10.4. The summed E-state index contributed by atoms with van der Waals surface area (Å²) in [7, 11) is 1.40. The predicted molar refractivity (Wildman–Crippen MR) is 88.5 cm³/mol. The molecule has 1 aliphatic carbocycles. The Kier molecular flexibility index (Phi) is 8.86. The fourth-order valence-corrected chi connectivity index (χ4v) is 2.82. The maximum atomic E-state index is 12.4. The number of unbranched alkanes of at least 4 members (excludes halogenated alkanes) is 1. The first-order chi connectivity index (χ1) is 10.6. The minimum atomic E-state index is -0.268. The summed E-state index contributed by atoms with van der Waals surface area (Å²) in [6.07, 6.45) is 10.6. The number of esters is 1. The Bertz CT molecular complexity index is 390. The molecule has 1 atom stereocenters. The van der Waals surface area contributed by atoms with Gasteiger partial charge in [-0.15, -0.1) is 0 Å². The molecule has 1 rings (SSSR count). The molecule has 0 aromatic rings. The highest BCUT2D eigenvalue weighted by molar-refractivity contribution is 5.78. The average molecular weight is 309 g/mol. The van der Waals surface area contributed by atoms with Gasteiger partial charge in [-0.25, -0.2) is 0 Å². The summed E-state index contributed by atoms with van der Waals surface area (Å²) in [5, 5.41) is 0. The van der Waals surface area contributed by atoms with Crippen LogP contribution in [0.25, 0.3) is 0 Å². The number of carbonyl (C=O) groups is 2. The van der Waals surface area contributed by atoms with Gasteiger partial charge < -0.3 is 9.64 Å². The molecule has 22 heavy (non-hydrogen) atoms. The lowest BCUT2D eigenvalue weighted by molar-refractivity contribution is -0.146. The molecule has 126 valence electrons. The van der Waals surface area contributed by atoms with E-state index in [1.807, 2.05) is 11.8 Å². The zero-order valence-corrected chi connectivity index (χ0v) is 14.4. The normalized spacial score (nSPS) is 15.9. The van der Waals surface area contributed by atoms with Crippen LogP contribution < -0.4 is 0 Å². The van der Waals surface area contributed by atoms with Crippen molar-refractivity contribution in [3.05, 3.63) is 11.6 Å². The predicted octanol–water partition coefficient (Wildman–Crippen LogP) is 3.70. The van der Waals surface area contributed by atoms with Gasteiger partial charge in [0.15, 0.2) is 0 Å². The van der Waals surface area contributed by atoms with Crippen molar-refractivity contribution in [3.8, 4) is 0 Å². The minimum Gasteiger partial charge on any atom is -0.469 e. The highest BCUT2D eigenvalue weighted by atomic mass is 16.5. The average Bonchev–Trinajstić information content (AvgIpc) is 2.56. The first-order valence-electron chi connectivity index (χ1n) is 8.62. The maximum absolute atomic E-state index is 12.4. The van der Waals surface area contributed by atoms with E-state index in [1.54, 1.807) is 0 Å². The van der Waals surface area contributed by atoms with Gasteiger partial charge in [-0.3, -0.25) is 9.59 Å². The third-order valence-corrected chi connectivity index (χ3v) is 4.28. The summed E-state index contributed by atoms with van der Waals surface area (Å²) in [5.41, 5.74) is 1.46. The van der Waals surface area contributed by atoms with E-state index in [2.05, 4.69) is 13.0 Å². The van der Waals surface area contributed by atoms with Gasteiger partial charge in [0, 0.05) is 19.5 Å². The standard InChI is InChI=1S/C18H31NO3/c1-4-5-11-17(20)19(14-15(2)18(21)22-3)13-12-16-9-7-6-8-10-16/h9,15H,4-8,10-14H2,1-3H3. The Labute approximate surface area is 134 Å². The first kappa shape index (κ1) is 18.7. The molecule has 0 aromatic carbocycles. The number of allylic oxidation sites excluding steroid dienone is 1. The first-order valence-corrected chi connectivity index (χ1v) is 8.62. The molecule has 4 nitrogen and oxygen atoms in total. The third kappa shape index (κ3) is 6.63. The number of carbonyl (C=O) groups excluding carboxylic acids is 2. The summed E-state index contributed by atoms with van der Waals surface area (Å²) >= 11 is 0. The number of nitrogens with zero attached hydrogens (tertiary/aromatic N) is 1. The van der Waals surface area contributed by atoms with E-state index in [1.165, 1.54) is 25.5 Å². The van der Waals surface area contributed by atoms with Gasteiger partial charge in [-0.1, -0.05) is 31.9 Å². The number of amides is 1. The molecule has 0 radical (unpaired) electrons. The van der Waals surface area contributed by atoms with Crippen LogP contribution in [0.15, 0.2) is 11.6 Å². The van der Waals surface area contributed by atoms with Crippen molar-refractivity contribution in [1.82, 2.24) is 4.90 Å². The van der Waals surface area contributed by atoms with E-state index in [0.29, 0.717) is 13.0 Å². The zero-order valence-electron chi connectivity index (χ0n) is 14.4. The Morgan fingerprint density at radius 3 is 2.73 bits per heavy atom. The van der Waals surface area contributed by atoms with E-state index in [-0.39, 0.29) is 17.8 Å². The number of methoxy groups -OCH3 is 1. The molecule has 0 saturated heterocycles. The van der Waals surface area contributed by atoms with Crippen molar-refractivity contribution in [2.45, 2.75) is 65.2 Å². The van der Waals surface area contributed by atoms with Crippen molar-refractivity contribution in [2.24, 2.45) is 5.92 Å². The van der Waals surface area contributed by atoms with Crippen molar-refractivity contribution in [1.29, 1.82) is 0 Å². The lowest BCUT2D eigenvalue weighted by Crippen LogP contribution is -2.38. The lowest BCUT2D eigenvalue weighted by Gasteiger charge is -2.26. The Hall–Kier alpha value is -1.32. The molecule has 0 spiro atoms. The molecular weight excluding hydrogens is 278 g/mol. The molecule has 4 heteroatoms. The number of rotatable bonds is 9. The quantitative estimate of drug-likeness (QED) is 0.482. The van der Waals surface area contributed by atoms with E-state index < -0.39 is 0 Å². The van der Waals surface area contributed by atoms with Gasteiger partial charge in [0.1, 0.15) is 0 Å². The molecular formula is C18H31NO3. The molecule has 1 aliphatic rings. The van der Waals surface area contributed by atoms with E-state index >= 15 is 0 Å². The Balaban J connectivity index is 2.57. The summed E-state index contributed by atoms with van der Waals surface area (Å²) in [4.78, 5) is 25.8. The van der Waals surface area contributed by atoms with Crippen LogP contribution in [-0.4, -0.2) is 37.0 Å². The largest absolute Gasteiger partial charge is 0.469 e. The molecule has 0 fully saturated rings. The minimum absolute atomic E-state index is 0.161. The second-order valence-corrected chi connectivity index (χ2v) is 6.23. The van der Waals surface area contributed by atoms with E-state index in [4.69, 9.17) is 4.74 Å². The molecule has 0 aromatic heterocycles. The van der Waals surface area contributed by atoms with Crippen molar-refractivity contribution < 1.29 is 14.3 Å². The van der Waals surface area contributed by atoms with Crippen LogP contribution >= 0.6 is 0 Å². The van der Waals surface area contributed by atoms with Gasteiger partial charge >= 0.3 is 5.97 Å². The second-order valence-electron chi connectivity index (χ2n) is 6.23. The monoisotopic (exact) mass is 309 g/mol. The third-order valence-electron chi connectivity index (χ3n) is 4.28. The van der Waals surface area contributed by atoms with Crippen LogP contribution in [-0.2, 0) is 14.3 Å². The van der Waals surface area contributed by atoms with Crippen LogP contribution in [0.5, 0.6) is 0 Å². The number of ether oxygens (including phenoxy) is 1. The van der Waals surface area contributed by atoms with Crippen molar-refractivity contribution >= 4 is 11.9 Å². The summed E-state index contributed by atoms with van der Waals surface area (Å²) in [5.74, 6) is -0.352. The van der Waals surface area contributed by atoms with Crippen LogP contribution in [0, 0.1) is 5.92 Å². The van der Waals surface area contributed by atoms with Crippen LogP contribution in [0.3, 0.4) is 0 Å². The molecule has 1 unspecified atom stereocenters. The van der Waals surface area contributed by atoms with Crippen molar-refractivity contribution in [3.63, 3.8) is 0 Å². The van der Waals surface area contributed by atoms with Crippen molar-refractivity contribution in [2.75, 3.05) is 20.2 Å². The van der Waals surface area contributed by atoms with Crippen LogP contribution in [0.2, 0.25) is 0 Å². The molecule has 0 saturated carbocycles. The maximum Gasteiger partial charge on any atom is 0.310 e. The number of hydrogen-bond donors (Lipinski definition) is 0. The van der Waals surface area contributed by atoms with E-state index in [0.717, 1.165) is 38.6 Å². The topological polar surface area (TPSA) is 46.6 Å². The zero-order chi connectivity index (χ0) is 16.4. The van der Waals surface area contributed by atoms with Gasteiger partial charge in [0.05, 0.1) is 13.0 Å². The van der Waals surface area contributed by atoms with Gasteiger partial charge in [0.25, 0.3) is 0 Å². The van der Waals surface area contributed by atoms with Crippen LogP contribution in [0.1, 0.15) is 65.2 Å². The molecule has 0 bridgehead atoms. The SMILES string of the molecule is CCCCC(=O)N(CCC1=CCCCC1)CC(C)C(=O)OC. The Morgan fingerprint density at radius 1 is 1.36 bits per heavy atom. The number of hydrogen-bond acceptors (Lipinski definition) is 3. The van der Waals surface area contributed by atoms with Gasteiger partial charge in [-0.05, 0) is 38.5 Å². The molecule has 0 heterocycles. The molecule has 0 aliphatic heterocycles. The van der Waals surface area contributed by atoms with E-state index in [9.17, 15) is 9.59 Å². The summed E-state index contributed by atoms with van der Waals surface area (Å²) < 4.78 is 4.78. The smallest absolute Gasteiger partial charge is 0.310 e. The summed E-state index contributed by atoms with van der Waals surface area (Å²) in [6.45, 7) is 5.09. The molecule has 0 N–H and O–H groups in total. The Morgan fingerprint density at radius 2 is 2.14 bits per heavy atom. The highest BCUT2D eigenvalue weighted by Gasteiger charge is 2.21. The fraction of sp³-hybridized carbons (Fsp3) is 0.778. The molecule has 1 amide bonds. The fourth-order valence-electron chi connectivity index (χ4n) is 2.82. The van der Waals surface area contributed by atoms with Gasteiger partial charge in [-0.2, -0.15) is 0 Å². The summed E-state index contributed by atoms with van der Waals surface area (Å²) in [6, 6.07) is 0. The van der Waals surface area contributed by atoms with Crippen LogP contribution in [0.4, 0.5) is 0 Å². The van der Waals surface area contributed by atoms with Gasteiger partial charge in [0.2, 0.25) is 5.91 Å².